The minimum atomic E-state index is -4.50. The van der Waals surface area contributed by atoms with Crippen LogP contribution in [0, 0.1) is 0 Å². The monoisotopic (exact) mass is 378 g/mol. The van der Waals surface area contributed by atoms with Crippen molar-refractivity contribution in [2.45, 2.75) is 24.1 Å². The maximum Gasteiger partial charge on any atom is 0.461 e. The number of benzene rings is 1. The van der Waals surface area contributed by atoms with E-state index in [2.05, 4.69) is 4.74 Å². The van der Waals surface area contributed by atoms with Crippen molar-refractivity contribution >= 4 is 17.8 Å². The highest BCUT2D eigenvalue weighted by Gasteiger charge is 2.43. The molecule has 0 N–H and O–H groups in total. The van der Waals surface area contributed by atoms with E-state index in [1.165, 1.54) is 24.3 Å². The zero-order valence-corrected chi connectivity index (χ0v) is 14.2. The van der Waals surface area contributed by atoms with Crippen LogP contribution in [0.15, 0.2) is 42.5 Å². The molecule has 0 amide bonds. The van der Waals surface area contributed by atoms with Gasteiger partial charge in [0.15, 0.2) is 6.29 Å². The molecule has 1 aromatic rings. The first-order valence-corrected chi connectivity index (χ1v) is 8.75. The molecule has 3 nitrogen and oxygen atoms in total. The van der Waals surface area contributed by atoms with Gasteiger partial charge in [-0.05, 0) is 30.0 Å². The second-order valence-electron chi connectivity index (χ2n) is 5.17. The summed E-state index contributed by atoms with van der Waals surface area (Å²) in [5.41, 5.74) is 0.699. The van der Waals surface area contributed by atoms with E-state index in [0.29, 0.717) is 24.0 Å². The first kappa shape index (κ1) is 19.8. The van der Waals surface area contributed by atoms with Crippen LogP contribution in [-0.4, -0.2) is 43.5 Å². The average molecular weight is 378 g/mol. The van der Waals surface area contributed by atoms with E-state index in [9.17, 15) is 17.6 Å². The molecule has 25 heavy (non-hydrogen) atoms. The molecule has 0 aromatic heterocycles. The molecule has 2 rings (SSSR count). The number of alkyl halides is 4. The Morgan fingerprint density at radius 3 is 2.36 bits per heavy atom. The molecule has 0 bridgehead atoms. The number of halogens is 4. The molecule has 1 aliphatic heterocycles. The minimum Gasteiger partial charge on any atom is -0.428 e. The topological polar surface area (TPSA) is 27.7 Å². The van der Waals surface area contributed by atoms with E-state index in [-0.39, 0.29) is 12.0 Å². The zero-order chi connectivity index (χ0) is 18.3. The molecule has 8 heteroatoms. The molecule has 1 aromatic carbocycles. The van der Waals surface area contributed by atoms with Crippen LogP contribution in [-0.2, 0) is 9.47 Å². The molecule has 0 radical (unpaired) electrons. The molecule has 0 aliphatic carbocycles. The van der Waals surface area contributed by atoms with Crippen LogP contribution in [0.5, 0.6) is 5.75 Å². The molecular formula is C17H18F4O3S. The summed E-state index contributed by atoms with van der Waals surface area (Å²) in [6, 6.07) is 5.38. The Bertz CT molecular complexity index is 582. The highest BCUT2D eigenvalue weighted by atomic mass is 32.2. The number of hydrogen-bond donors (Lipinski definition) is 0. The van der Waals surface area contributed by atoms with Gasteiger partial charge in [-0.3, -0.25) is 0 Å². The summed E-state index contributed by atoms with van der Waals surface area (Å²) in [4.78, 5) is 0. The average Bonchev–Trinajstić information content (AvgIpc) is 2.60. The van der Waals surface area contributed by atoms with Gasteiger partial charge in [0, 0.05) is 0 Å². The molecule has 0 spiro atoms. The number of allylic oxidation sites excluding steroid dienone is 2. The lowest BCUT2D eigenvalue weighted by molar-refractivity contribution is -0.253. The van der Waals surface area contributed by atoms with E-state index < -0.39 is 12.5 Å². The van der Waals surface area contributed by atoms with Gasteiger partial charge in [-0.1, -0.05) is 30.4 Å². The third kappa shape index (κ3) is 6.37. The van der Waals surface area contributed by atoms with Gasteiger partial charge in [-0.25, -0.2) is 0 Å². The first-order chi connectivity index (χ1) is 11.9. The van der Waals surface area contributed by atoms with Gasteiger partial charge < -0.3 is 14.2 Å². The van der Waals surface area contributed by atoms with Gasteiger partial charge in [-0.15, -0.1) is 0 Å². The normalized spacial score (nSPS) is 22.2. The fourth-order valence-electron chi connectivity index (χ4n) is 1.92. The number of rotatable bonds is 7. The van der Waals surface area contributed by atoms with Crippen LogP contribution in [0.1, 0.15) is 5.56 Å². The maximum atomic E-state index is 12.8. The number of ether oxygens (including phenoxy) is 3. The molecule has 1 aliphatic rings. The summed E-state index contributed by atoms with van der Waals surface area (Å²) in [7, 11) is 0. The van der Waals surface area contributed by atoms with Crippen LogP contribution in [0.2, 0.25) is 0 Å². The van der Waals surface area contributed by atoms with Gasteiger partial charge in [0.1, 0.15) is 5.75 Å². The van der Waals surface area contributed by atoms with E-state index in [0.717, 1.165) is 0 Å². The second kappa shape index (κ2) is 9.26. The molecular weight excluding hydrogens is 360 g/mol. The fourth-order valence-corrected chi connectivity index (χ4v) is 2.35. The molecule has 0 atom stereocenters. The largest absolute Gasteiger partial charge is 0.461 e. The molecule has 0 unspecified atom stereocenters. The van der Waals surface area contributed by atoms with Crippen LogP contribution >= 0.6 is 11.8 Å². The molecule has 1 heterocycles. The van der Waals surface area contributed by atoms with Crippen molar-refractivity contribution in [1.82, 2.24) is 0 Å². The van der Waals surface area contributed by atoms with Crippen LogP contribution in [0.25, 0.3) is 6.08 Å². The molecule has 1 fully saturated rings. The highest BCUT2D eigenvalue weighted by Crippen LogP contribution is 2.27. The Labute approximate surface area is 147 Å². The molecule has 138 valence electrons. The summed E-state index contributed by atoms with van der Waals surface area (Å²) in [6.07, 6.45) is 0.188. The lowest BCUT2D eigenvalue weighted by Crippen LogP contribution is -2.33. The summed E-state index contributed by atoms with van der Waals surface area (Å²) >= 11 is 1.69. The van der Waals surface area contributed by atoms with E-state index in [4.69, 9.17) is 9.47 Å². The smallest absolute Gasteiger partial charge is 0.428 e. The predicted octanol–water partition coefficient (Wildman–Crippen LogP) is 4.60. The van der Waals surface area contributed by atoms with E-state index in [1.807, 2.05) is 6.26 Å². The van der Waals surface area contributed by atoms with Crippen molar-refractivity contribution in [3.05, 3.63) is 48.1 Å². The Balaban J connectivity index is 1.82. The summed E-state index contributed by atoms with van der Waals surface area (Å²) in [5, 5.41) is 0.346. The highest BCUT2D eigenvalue weighted by molar-refractivity contribution is 7.99. The van der Waals surface area contributed by atoms with Crippen molar-refractivity contribution in [2.24, 2.45) is 0 Å². The fraction of sp³-hybridized carbons (Fsp3) is 0.412. The van der Waals surface area contributed by atoms with Gasteiger partial charge in [0.05, 0.1) is 18.5 Å². The SMILES string of the molecule is CSC1COC(C=CC=Cc2ccc(OC(F)(F)C(F)F)cc2)OC1. The van der Waals surface area contributed by atoms with Crippen molar-refractivity contribution < 1.29 is 31.8 Å². The predicted molar refractivity (Wildman–Crippen MR) is 89.2 cm³/mol. The first-order valence-electron chi connectivity index (χ1n) is 7.46. The Hall–Kier alpha value is -1.51. The maximum absolute atomic E-state index is 12.8. The van der Waals surface area contributed by atoms with Crippen molar-refractivity contribution in [3.63, 3.8) is 0 Å². The van der Waals surface area contributed by atoms with Gasteiger partial charge in [0.25, 0.3) is 0 Å². The summed E-state index contributed by atoms with van der Waals surface area (Å²) < 4.78 is 64.7. The third-order valence-corrected chi connectivity index (χ3v) is 4.22. The van der Waals surface area contributed by atoms with Crippen molar-refractivity contribution in [1.29, 1.82) is 0 Å². The van der Waals surface area contributed by atoms with Crippen LogP contribution < -0.4 is 4.74 Å². The van der Waals surface area contributed by atoms with Gasteiger partial charge in [0.2, 0.25) is 0 Å². The Morgan fingerprint density at radius 1 is 1.16 bits per heavy atom. The summed E-state index contributed by atoms with van der Waals surface area (Å²) in [5.74, 6) is -0.328. The van der Waals surface area contributed by atoms with Crippen molar-refractivity contribution in [2.75, 3.05) is 19.5 Å². The third-order valence-electron chi connectivity index (χ3n) is 3.28. The second-order valence-corrected chi connectivity index (χ2v) is 6.31. The van der Waals surface area contributed by atoms with E-state index in [1.54, 1.807) is 36.1 Å². The minimum absolute atomic E-state index is 0.328. The lowest BCUT2D eigenvalue weighted by Gasteiger charge is -2.26. The molecule has 1 saturated heterocycles. The summed E-state index contributed by atoms with van der Waals surface area (Å²) in [6.45, 7) is 1.26. The van der Waals surface area contributed by atoms with Crippen LogP contribution in [0.4, 0.5) is 17.6 Å². The van der Waals surface area contributed by atoms with Crippen LogP contribution in [0.3, 0.4) is 0 Å². The Kier molecular flexibility index (Phi) is 7.34. The number of hydrogen-bond acceptors (Lipinski definition) is 4. The standard InChI is InChI=1S/C17H18F4O3S/c1-25-14-10-22-15(23-11-14)5-3-2-4-12-6-8-13(9-7-12)24-17(20,21)16(18)19/h2-9,14-16H,10-11H2,1H3. The van der Waals surface area contributed by atoms with E-state index >= 15 is 0 Å². The Morgan fingerprint density at radius 2 is 1.80 bits per heavy atom. The van der Waals surface area contributed by atoms with Crippen molar-refractivity contribution in [3.8, 4) is 5.75 Å². The molecule has 0 saturated carbocycles. The van der Waals surface area contributed by atoms with Gasteiger partial charge in [-0.2, -0.15) is 29.3 Å². The zero-order valence-electron chi connectivity index (χ0n) is 13.4. The number of thioether (sulfide) groups is 1. The lowest BCUT2D eigenvalue weighted by atomic mass is 10.2. The van der Waals surface area contributed by atoms with Gasteiger partial charge >= 0.3 is 12.5 Å². The quantitative estimate of drug-likeness (QED) is 0.512.